The Morgan fingerprint density at radius 2 is 2.00 bits per heavy atom. The maximum Gasteiger partial charge on any atom is 0.244 e. The molecule has 0 bridgehead atoms. The normalized spacial score (nSPS) is 15.9. The van der Waals surface area contributed by atoms with Crippen LogP contribution in [0.5, 0.6) is 0 Å². The van der Waals surface area contributed by atoms with Gasteiger partial charge in [-0.15, -0.1) is 0 Å². The third-order valence-corrected chi connectivity index (χ3v) is 5.58. The molecule has 106 valence electrons. The van der Waals surface area contributed by atoms with E-state index in [0.29, 0.717) is 22.9 Å². The first-order valence-corrected chi connectivity index (χ1v) is 8.25. The number of fused-ring (bicyclic) bond motifs is 1. The standard InChI is InChI=1S/C15H18N2O2S/c1-11-6-9-13-4-3-5-14(15(13)16-11)20(18,19)17(2)10-12-7-8-12/h3-6,9,12H,7-8,10H2,1-2H3. The van der Waals surface area contributed by atoms with Crippen LogP contribution in [0.4, 0.5) is 0 Å². The van der Waals surface area contributed by atoms with Gasteiger partial charge in [-0.25, -0.2) is 12.7 Å². The molecule has 0 spiro atoms. The topological polar surface area (TPSA) is 50.3 Å². The van der Waals surface area contributed by atoms with Crippen LogP contribution < -0.4 is 0 Å². The van der Waals surface area contributed by atoms with Crippen LogP contribution in [0, 0.1) is 12.8 Å². The highest BCUT2D eigenvalue weighted by molar-refractivity contribution is 7.89. The van der Waals surface area contributed by atoms with Crippen molar-refractivity contribution in [2.24, 2.45) is 5.92 Å². The summed E-state index contributed by atoms with van der Waals surface area (Å²) >= 11 is 0. The minimum atomic E-state index is -3.47. The van der Waals surface area contributed by atoms with E-state index in [1.165, 1.54) is 4.31 Å². The molecule has 1 heterocycles. The predicted octanol–water partition coefficient (Wildman–Crippen LogP) is 2.57. The van der Waals surface area contributed by atoms with Gasteiger partial charge in [-0.1, -0.05) is 18.2 Å². The molecule has 0 amide bonds. The first-order chi connectivity index (χ1) is 9.48. The van der Waals surface area contributed by atoms with Crippen molar-refractivity contribution < 1.29 is 8.42 Å². The summed E-state index contributed by atoms with van der Waals surface area (Å²) in [6.07, 6.45) is 2.26. The molecule has 1 aliphatic carbocycles. The summed E-state index contributed by atoms with van der Waals surface area (Å²) in [6, 6.07) is 9.12. The second-order valence-electron chi connectivity index (χ2n) is 5.51. The fourth-order valence-corrected chi connectivity index (χ4v) is 3.76. The Morgan fingerprint density at radius 1 is 1.25 bits per heavy atom. The first kappa shape index (κ1) is 13.5. The minimum absolute atomic E-state index is 0.307. The number of nitrogens with zero attached hydrogens (tertiary/aromatic N) is 2. The fourth-order valence-electron chi connectivity index (χ4n) is 2.36. The molecule has 1 aliphatic rings. The Morgan fingerprint density at radius 3 is 2.70 bits per heavy atom. The van der Waals surface area contributed by atoms with Crippen molar-refractivity contribution in [2.75, 3.05) is 13.6 Å². The van der Waals surface area contributed by atoms with Gasteiger partial charge in [0.15, 0.2) is 0 Å². The molecule has 0 unspecified atom stereocenters. The molecule has 20 heavy (non-hydrogen) atoms. The van der Waals surface area contributed by atoms with E-state index < -0.39 is 10.0 Å². The summed E-state index contributed by atoms with van der Waals surface area (Å²) in [4.78, 5) is 4.72. The van der Waals surface area contributed by atoms with Gasteiger partial charge < -0.3 is 0 Å². The molecule has 0 saturated heterocycles. The number of rotatable bonds is 4. The minimum Gasteiger partial charge on any atom is -0.252 e. The van der Waals surface area contributed by atoms with Gasteiger partial charge in [-0.3, -0.25) is 4.98 Å². The largest absolute Gasteiger partial charge is 0.252 e. The molecule has 4 nitrogen and oxygen atoms in total. The SMILES string of the molecule is Cc1ccc2cccc(S(=O)(=O)N(C)CC3CC3)c2n1. The van der Waals surface area contributed by atoms with Gasteiger partial charge >= 0.3 is 0 Å². The van der Waals surface area contributed by atoms with E-state index in [4.69, 9.17) is 0 Å². The van der Waals surface area contributed by atoms with Gasteiger partial charge in [0.1, 0.15) is 4.90 Å². The molecule has 1 fully saturated rings. The highest BCUT2D eigenvalue weighted by Gasteiger charge is 2.30. The Kier molecular flexibility index (Phi) is 3.26. The monoisotopic (exact) mass is 290 g/mol. The molecule has 3 rings (SSSR count). The number of aromatic nitrogens is 1. The zero-order valence-electron chi connectivity index (χ0n) is 11.7. The summed E-state index contributed by atoms with van der Waals surface area (Å²) in [5.74, 6) is 0.527. The molecule has 1 saturated carbocycles. The molecule has 1 aromatic heterocycles. The quantitative estimate of drug-likeness (QED) is 0.869. The summed E-state index contributed by atoms with van der Waals surface area (Å²) in [5.41, 5.74) is 1.39. The van der Waals surface area contributed by atoms with Crippen LogP contribution in [0.1, 0.15) is 18.5 Å². The molecule has 0 radical (unpaired) electrons. The van der Waals surface area contributed by atoms with E-state index in [-0.39, 0.29) is 0 Å². The van der Waals surface area contributed by atoms with Gasteiger partial charge in [0, 0.05) is 24.7 Å². The lowest BCUT2D eigenvalue weighted by Crippen LogP contribution is -2.29. The van der Waals surface area contributed by atoms with Gasteiger partial charge in [0.05, 0.1) is 5.52 Å². The molecule has 2 aromatic rings. The van der Waals surface area contributed by atoms with Crippen molar-refractivity contribution >= 4 is 20.9 Å². The maximum absolute atomic E-state index is 12.7. The first-order valence-electron chi connectivity index (χ1n) is 6.81. The third kappa shape index (κ3) is 2.43. The number of para-hydroxylation sites is 1. The number of pyridine rings is 1. The predicted molar refractivity (Wildman–Crippen MR) is 79.0 cm³/mol. The number of benzene rings is 1. The van der Waals surface area contributed by atoms with Gasteiger partial charge in [0.2, 0.25) is 10.0 Å². The number of hydrogen-bond donors (Lipinski definition) is 0. The average molecular weight is 290 g/mol. The van der Waals surface area contributed by atoms with Crippen molar-refractivity contribution in [3.05, 3.63) is 36.0 Å². The van der Waals surface area contributed by atoms with Crippen molar-refractivity contribution in [1.29, 1.82) is 0 Å². The number of sulfonamides is 1. The van der Waals surface area contributed by atoms with E-state index in [1.54, 1.807) is 19.2 Å². The molecule has 1 aromatic carbocycles. The van der Waals surface area contributed by atoms with Crippen molar-refractivity contribution in [3.63, 3.8) is 0 Å². The van der Waals surface area contributed by atoms with Crippen LogP contribution in [0.3, 0.4) is 0 Å². The fraction of sp³-hybridized carbons (Fsp3) is 0.400. The zero-order valence-corrected chi connectivity index (χ0v) is 12.5. The average Bonchev–Trinajstić information content (AvgIpc) is 3.21. The lowest BCUT2D eigenvalue weighted by atomic mass is 10.2. The van der Waals surface area contributed by atoms with Gasteiger partial charge in [-0.2, -0.15) is 0 Å². The van der Waals surface area contributed by atoms with Crippen LogP contribution in [-0.2, 0) is 10.0 Å². The summed E-state index contributed by atoms with van der Waals surface area (Å²) in [6.45, 7) is 2.47. The van der Waals surface area contributed by atoms with Crippen LogP contribution in [0.15, 0.2) is 35.2 Å². The van der Waals surface area contributed by atoms with Crippen LogP contribution in [0.25, 0.3) is 10.9 Å². The lowest BCUT2D eigenvalue weighted by Gasteiger charge is -2.17. The van der Waals surface area contributed by atoms with Crippen LogP contribution in [-0.4, -0.2) is 31.3 Å². The van der Waals surface area contributed by atoms with Crippen LogP contribution in [0.2, 0.25) is 0 Å². The second kappa shape index (κ2) is 4.82. The van der Waals surface area contributed by atoms with E-state index >= 15 is 0 Å². The van der Waals surface area contributed by atoms with Crippen LogP contribution >= 0.6 is 0 Å². The van der Waals surface area contributed by atoms with E-state index in [1.807, 2.05) is 25.1 Å². The smallest absolute Gasteiger partial charge is 0.244 e. The van der Waals surface area contributed by atoms with Crippen molar-refractivity contribution in [1.82, 2.24) is 9.29 Å². The maximum atomic E-state index is 12.7. The summed E-state index contributed by atoms with van der Waals surface area (Å²) in [7, 11) is -1.81. The third-order valence-electron chi connectivity index (χ3n) is 3.72. The van der Waals surface area contributed by atoms with E-state index in [0.717, 1.165) is 23.9 Å². The van der Waals surface area contributed by atoms with Crippen molar-refractivity contribution in [3.8, 4) is 0 Å². The molecular weight excluding hydrogens is 272 g/mol. The Bertz CT molecular complexity index is 752. The molecule has 0 N–H and O–H groups in total. The van der Waals surface area contributed by atoms with E-state index in [9.17, 15) is 8.42 Å². The summed E-state index contributed by atoms with van der Waals surface area (Å²) in [5, 5.41) is 0.858. The number of aryl methyl sites for hydroxylation is 1. The Hall–Kier alpha value is -1.46. The second-order valence-corrected chi connectivity index (χ2v) is 7.52. The highest BCUT2D eigenvalue weighted by Crippen LogP contribution is 2.32. The molecular formula is C15H18N2O2S. The molecule has 0 atom stereocenters. The Balaban J connectivity index is 2.10. The molecule has 5 heteroatoms. The highest BCUT2D eigenvalue weighted by atomic mass is 32.2. The van der Waals surface area contributed by atoms with E-state index in [2.05, 4.69) is 4.98 Å². The Labute approximate surface area is 119 Å². The summed E-state index contributed by atoms with van der Waals surface area (Å²) < 4.78 is 26.9. The zero-order chi connectivity index (χ0) is 14.3. The molecule has 0 aliphatic heterocycles. The van der Waals surface area contributed by atoms with Crippen molar-refractivity contribution in [2.45, 2.75) is 24.7 Å². The van der Waals surface area contributed by atoms with Gasteiger partial charge in [0.25, 0.3) is 0 Å². The lowest BCUT2D eigenvalue weighted by molar-refractivity contribution is 0.453. The van der Waals surface area contributed by atoms with Gasteiger partial charge in [-0.05, 0) is 37.8 Å². The number of hydrogen-bond acceptors (Lipinski definition) is 3.